The standard InChI is InChI=1S/C11H9ClN4O/c12-10(7-4-13-14-5-7)6-1-2-8-9(3-6)16-11(17)15-8/h1-5,10H,(H,13,14)(H2,15,16,17). The van der Waals surface area contributed by atoms with Crippen molar-refractivity contribution in [1.29, 1.82) is 0 Å². The average Bonchev–Trinajstić information content (AvgIpc) is 2.94. The van der Waals surface area contributed by atoms with E-state index in [1.165, 1.54) is 0 Å². The van der Waals surface area contributed by atoms with Crippen LogP contribution in [0, 0.1) is 0 Å². The maximum absolute atomic E-state index is 11.1. The Bertz CT molecular complexity index is 698. The van der Waals surface area contributed by atoms with Crippen LogP contribution in [0.5, 0.6) is 0 Å². The number of nitrogens with one attached hydrogen (secondary N) is 3. The molecular formula is C11H9ClN4O. The minimum atomic E-state index is -0.281. The lowest BCUT2D eigenvalue weighted by Crippen LogP contribution is -1.99. The van der Waals surface area contributed by atoms with Gasteiger partial charge in [-0.3, -0.25) is 5.10 Å². The Morgan fingerprint density at radius 1 is 1.18 bits per heavy atom. The first kappa shape index (κ1) is 10.2. The van der Waals surface area contributed by atoms with E-state index in [-0.39, 0.29) is 11.1 Å². The highest BCUT2D eigenvalue weighted by molar-refractivity contribution is 6.22. The van der Waals surface area contributed by atoms with Crippen LogP contribution >= 0.6 is 11.6 Å². The molecule has 1 atom stereocenters. The Labute approximate surface area is 101 Å². The van der Waals surface area contributed by atoms with Gasteiger partial charge in [0, 0.05) is 11.8 Å². The summed E-state index contributed by atoms with van der Waals surface area (Å²) in [6.45, 7) is 0. The second-order valence-corrected chi connectivity index (χ2v) is 4.21. The molecule has 0 saturated carbocycles. The van der Waals surface area contributed by atoms with Crippen LogP contribution in [0.15, 0.2) is 35.4 Å². The fourth-order valence-electron chi connectivity index (χ4n) is 1.80. The second kappa shape index (κ2) is 3.78. The molecule has 86 valence electrons. The highest BCUT2D eigenvalue weighted by atomic mass is 35.5. The zero-order valence-corrected chi connectivity index (χ0v) is 9.45. The summed E-state index contributed by atoms with van der Waals surface area (Å²) in [5, 5.41) is 6.30. The molecule has 0 aliphatic heterocycles. The first-order chi connectivity index (χ1) is 8.24. The number of alkyl halides is 1. The molecule has 0 radical (unpaired) electrons. The highest BCUT2D eigenvalue weighted by Crippen LogP contribution is 2.29. The number of hydrogen-bond acceptors (Lipinski definition) is 2. The predicted molar refractivity (Wildman–Crippen MR) is 65.2 cm³/mol. The number of nitrogens with zero attached hydrogens (tertiary/aromatic N) is 1. The van der Waals surface area contributed by atoms with Crippen molar-refractivity contribution in [3.05, 3.63) is 52.2 Å². The van der Waals surface area contributed by atoms with Crippen molar-refractivity contribution in [3.8, 4) is 0 Å². The van der Waals surface area contributed by atoms with Crippen LogP contribution in [-0.2, 0) is 0 Å². The fraction of sp³-hybridized carbons (Fsp3) is 0.0909. The van der Waals surface area contributed by atoms with Gasteiger partial charge in [0.2, 0.25) is 0 Å². The van der Waals surface area contributed by atoms with Crippen molar-refractivity contribution >= 4 is 22.6 Å². The molecule has 0 aliphatic carbocycles. The summed E-state index contributed by atoms with van der Waals surface area (Å²) in [6, 6.07) is 5.58. The van der Waals surface area contributed by atoms with Gasteiger partial charge in [-0.1, -0.05) is 6.07 Å². The van der Waals surface area contributed by atoms with Crippen LogP contribution in [0.4, 0.5) is 0 Å². The zero-order chi connectivity index (χ0) is 11.8. The van der Waals surface area contributed by atoms with Gasteiger partial charge in [0.25, 0.3) is 0 Å². The molecule has 1 aromatic carbocycles. The van der Waals surface area contributed by atoms with Crippen molar-refractivity contribution in [2.24, 2.45) is 0 Å². The van der Waals surface area contributed by atoms with Crippen molar-refractivity contribution in [1.82, 2.24) is 20.2 Å². The molecule has 17 heavy (non-hydrogen) atoms. The Hall–Kier alpha value is -2.01. The second-order valence-electron chi connectivity index (χ2n) is 3.78. The molecule has 6 heteroatoms. The number of rotatable bonds is 2. The van der Waals surface area contributed by atoms with Crippen LogP contribution in [0.2, 0.25) is 0 Å². The molecule has 0 amide bonds. The lowest BCUT2D eigenvalue weighted by molar-refractivity contribution is 1.09. The Morgan fingerprint density at radius 2 is 2.00 bits per heavy atom. The van der Waals surface area contributed by atoms with Gasteiger partial charge in [-0.2, -0.15) is 5.10 Å². The van der Waals surface area contributed by atoms with Gasteiger partial charge < -0.3 is 9.97 Å². The number of aromatic amines is 3. The summed E-state index contributed by atoms with van der Waals surface area (Å²) in [5.74, 6) is 0. The van der Waals surface area contributed by atoms with Gasteiger partial charge in [-0.05, 0) is 17.7 Å². The minimum Gasteiger partial charge on any atom is -0.306 e. The van der Waals surface area contributed by atoms with Crippen LogP contribution < -0.4 is 5.69 Å². The molecule has 0 spiro atoms. The van der Waals surface area contributed by atoms with Gasteiger partial charge in [-0.15, -0.1) is 11.6 Å². The van der Waals surface area contributed by atoms with Crippen LogP contribution in [-0.4, -0.2) is 20.2 Å². The number of fused-ring (bicyclic) bond motifs is 1. The van der Waals surface area contributed by atoms with E-state index < -0.39 is 0 Å². The van der Waals surface area contributed by atoms with E-state index in [0.717, 1.165) is 22.2 Å². The van der Waals surface area contributed by atoms with E-state index in [2.05, 4.69) is 20.2 Å². The van der Waals surface area contributed by atoms with E-state index in [1.807, 2.05) is 18.2 Å². The van der Waals surface area contributed by atoms with Gasteiger partial charge in [0.15, 0.2) is 0 Å². The Kier molecular flexibility index (Phi) is 2.26. The Balaban J connectivity index is 2.08. The van der Waals surface area contributed by atoms with Crippen LogP contribution in [0.1, 0.15) is 16.5 Å². The summed E-state index contributed by atoms with van der Waals surface area (Å²) in [6.07, 6.45) is 3.43. The molecule has 5 nitrogen and oxygen atoms in total. The van der Waals surface area contributed by atoms with Gasteiger partial charge in [0.1, 0.15) is 0 Å². The van der Waals surface area contributed by atoms with Crippen LogP contribution in [0.25, 0.3) is 11.0 Å². The summed E-state index contributed by atoms with van der Waals surface area (Å²) in [7, 11) is 0. The van der Waals surface area contributed by atoms with Crippen molar-refractivity contribution < 1.29 is 0 Å². The molecule has 0 aliphatic rings. The number of halogens is 1. The summed E-state index contributed by atoms with van der Waals surface area (Å²) < 4.78 is 0. The average molecular weight is 249 g/mol. The molecule has 0 saturated heterocycles. The zero-order valence-electron chi connectivity index (χ0n) is 8.70. The quantitative estimate of drug-likeness (QED) is 0.606. The molecule has 2 aromatic heterocycles. The van der Waals surface area contributed by atoms with E-state index in [0.29, 0.717) is 0 Å². The van der Waals surface area contributed by atoms with Crippen molar-refractivity contribution in [2.75, 3.05) is 0 Å². The van der Waals surface area contributed by atoms with Gasteiger partial charge in [0.05, 0.1) is 22.6 Å². The third kappa shape index (κ3) is 1.74. The number of aromatic nitrogens is 4. The number of H-pyrrole nitrogens is 3. The highest BCUT2D eigenvalue weighted by Gasteiger charge is 2.12. The minimum absolute atomic E-state index is 0.216. The van der Waals surface area contributed by atoms with Gasteiger partial charge in [-0.25, -0.2) is 4.79 Å². The molecule has 3 aromatic rings. The van der Waals surface area contributed by atoms with E-state index in [4.69, 9.17) is 11.6 Å². The molecular weight excluding hydrogens is 240 g/mol. The third-order valence-corrected chi connectivity index (χ3v) is 3.15. The topological polar surface area (TPSA) is 77.3 Å². The maximum atomic E-state index is 11.1. The van der Waals surface area contributed by atoms with Crippen molar-refractivity contribution in [2.45, 2.75) is 5.38 Å². The lowest BCUT2D eigenvalue weighted by Gasteiger charge is -2.06. The molecule has 0 fully saturated rings. The summed E-state index contributed by atoms with van der Waals surface area (Å²) in [4.78, 5) is 16.5. The van der Waals surface area contributed by atoms with E-state index in [1.54, 1.807) is 12.4 Å². The summed E-state index contributed by atoms with van der Waals surface area (Å²) in [5.41, 5.74) is 3.11. The molecule has 2 heterocycles. The smallest absolute Gasteiger partial charge is 0.306 e. The summed E-state index contributed by atoms with van der Waals surface area (Å²) >= 11 is 6.32. The number of imidazole rings is 1. The molecule has 0 bridgehead atoms. The maximum Gasteiger partial charge on any atom is 0.323 e. The first-order valence-electron chi connectivity index (χ1n) is 5.09. The predicted octanol–water partition coefficient (Wildman–Crippen LogP) is 1.91. The van der Waals surface area contributed by atoms with Crippen molar-refractivity contribution in [3.63, 3.8) is 0 Å². The molecule has 3 N–H and O–H groups in total. The molecule has 1 unspecified atom stereocenters. The van der Waals surface area contributed by atoms with E-state index in [9.17, 15) is 4.79 Å². The SMILES string of the molecule is O=c1[nH]c2ccc(C(Cl)c3cn[nH]c3)cc2[nH]1. The van der Waals surface area contributed by atoms with Gasteiger partial charge >= 0.3 is 5.69 Å². The lowest BCUT2D eigenvalue weighted by atomic mass is 10.1. The third-order valence-electron chi connectivity index (χ3n) is 2.64. The Morgan fingerprint density at radius 3 is 2.76 bits per heavy atom. The molecule has 3 rings (SSSR count). The monoisotopic (exact) mass is 248 g/mol. The number of hydrogen-bond donors (Lipinski definition) is 3. The fourth-order valence-corrected chi connectivity index (χ4v) is 2.05. The van der Waals surface area contributed by atoms with Crippen LogP contribution in [0.3, 0.4) is 0 Å². The first-order valence-corrected chi connectivity index (χ1v) is 5.52. The largest absolute Gasteiger partial charge is 0.323 e. The normalized spacial score (nSPS) is 13.0. The number of benzene rings is 1. The van der Waals surface area contributed by atoms with E-state index >= 15 is 0 Å².